The van der Waals surface area contributed by atoms with Crippen LogP contribution in [0, 0.1) is 11.8 Å². The molecule has 3 aromatic carbocycles. The van der Waals surface area contributed by atoms with Crippen molar-refractivity contribution in [3.05, 3.63) is 104 Å². The molecule has 0 atom stereocenters. The minimum Gasteiger partial charge on any atom is -0.422 e. The molecule has 1 heterocycles. The number of rotatable bonds is 5. The number of carbonyl (C=O) groups excluding carboxylic acids is 1. The van der Waals surface area contributed by atoms with Gasteiger partial charge in [-0.1, -0.05) is 48.5 Å². The molecule has 148 valence electrons. The van der Waals surface area contributed by atoms with Gasteiger partial charge < -0.3 is 4.42 Å². The average molecular weight is 397 g/mol. The molecule has 0 aliphatic carbocycles. The van der Waals surface area contributed by atoms with Gasteiger partial charge in [-0.3, -0.25) is 4.79 Å². The van der Waals surface area contributed by atoms with E-state index in [1.54, 1.807) is 30.3 Å². The van der Waals surface area contributed by atoms with E-state index >= 15 is 0 Å². The van der Waals surface area contributed by atoms with Gasteiger partial charge in [-0.25, -0.2) is 4.79 Å². The Kier molecular flexibility index (Phi) is 5.11. The van der Waals surface area contributed by atoms with E-state index in [0.29, 0.717) is 28.8 Å². The molecule has 0 N–H and O–H groups in total. The molecular weight excluding hydrogens is 378 g/mol. The first-order valence-corrected chi connectivity index (χ1v) is 9.56. The van der Waals surface area contributed by atoms with Crippen LogP contribution in [-0.4, -0.2) is 5.78 Å². The van der Waals surface area contributed by atoms with E-state index in [9.17, 15) is 14.5 Å². The number of hydrogen-bond donors (Lipinski definition) is 0. The predicted octanol–water partition coefficient (Wildman–Crippen LogP) is 5.96. The van der Waals surface area contributed by atoms with E-state index in [2.05, 4.69) is 5.18 Å². The van der Waals surface area contributed by atoms with Crippen molar-refractivity contribution >= 4 is 22.4 Å². The number of Topliss-reactive ketones (excluding diaryl/α,β-unsaturated/α-hetero) is 1. The maximum Gasteiger partial charge on any atom is 0.340 e. The molecule has 0 saturated heterocycles. The second kappa shape index (κ2) is 7.87. The molecule has 30 heavy (non-hydrogen) atoms. The average Bonchev–Trinajstić information content (AvgIpc) is 2.76. The molecule has 0 radical (unpaired) electrons. The Morgan fingerprint density at radius 1 is 0.967 bits per heavy atom. The van der Waals surface area contributed by atoms with E-state index in [0.717, 1.165) is 27.6 Å². The lowest BCUT2D eigenvalue weighted by molar-refractivity contribution is 0.101. The number of fused-ring (bicyclic) bond motifs is 1. The Bertz CT molecular complexity index is 1330. The number of aryl methyl sites for hydroxylation is 1. The molecular formula is C25H19NO4. The first kappa shape index (κ1) is 19.5. The largest absolute Gasteiger partial charge is 0.422 e. The van der Waals surface area contributed by atoms with E-state index in [1.807, 2.05) is 43.3 Å². The maximum absolute atomic E-state index is 12.7. The normalized spacial score (nSPS) is 10.9. The molecule has 0 bridgehead atoms. The lowest BCUT2D eigenvalue weighted by Crippen LogP contribution is -2.11. The molecule has 0 spiro atoms. The van der Waals surface area contributed by atoms with E-state index in [-0.39, 0.29) is 5.78 Å². The molecule has 0 fully saturated rings. The molecule has 0 aliphatic heterocycles. The molecule has 1 aromatic heterocycles. The van der Waals surface area contributed by atoms with Crippen molar-refractivity contribution in [1.29, 1.82) is 0 Å². The zero-order valence-corrected chi connectivity index (χ0v) is 16.6. The van der Waals surface area contributed by atoms with Crippen LogP contribution in [0.3, 0.4) is 0 Å². The van der Waals surface area contributed by atoms with Gasteiger partial charge in [0, 0.05) is 22.9 Å². The smallest absolute Gasteiger partial charge is 0.340 e. The molecule has 0 aliphatic rings. The van der Waals surface area contributed by atoms with Crippen molar-refractivity contribution in [2.45, 2.75) is 20.3 Å². The Labute approximate surface area is 173 Å². The highest BCUT2D eigenvalue weighted by molar-refractivity contribution is 5.94. The van der Waals surface area contributed by atoms with Crippen LogP contribution < -0.4 is 5.63 Å². The third kappa shape index (κ3) is 3.70. The second-order valence-electron chi connectivity index (χ2n) is 7.28. The fraction of sp³-hybridized carbons (Fsp3) is 0.120. The molecule has 5 nitrogen and oxygen atoms in total. The predicted molar refractivity (Wildman–Crippen MR) is 117 cm³/mol. The van der Waals surface area contributed by atoms with Gasteiger partial charge in [0.25, 0.3) is 0 Å². The van der Waals surface area contributed by atoms with Crippen molar-refractivity contribution in [2.24, 2.45) is 5.18 Å². The number of hydrogen-bond acceptors (Lipinski definition) is 5. The van der Waals surface area contributed by atoms with Crippen LogP contribution >= 0.6 is 0 Å². The SMILES string of the molecule is CC(=O)c1ccc(-c2ccc3c(C)c(Cc4cccc(N=O)c4)c(=O)oc3c2)cc1. The van der Waals surface area contributed by atoms with Gasteiger partial charge in [-0.15, -0.1) is 4.91 Å². The van der Waals surface area contributed by atoms with Crippen molar-refractivity contribution in [3.8, 4) is 11.1 Å². The summed E-state index contributed by atoms with van der Waals surface area (Å²) in [5.74, 6) is 0.0173. The Balaban J connectivity index is 1.74. The van der Waals surface area contributed by atoms with Crippen molar-refractivity contribution in [3.63, 3.8) is 0 Å². The van der Waals surface area contributed by atoms with Gasteiger partial charge >= 0.3 is 5.63 Å². The van der Waals surface area contributed by atoms with E-state index in [4.69, 9.17) is 4.42 Å². The third-order valence-corrected chi connectivity index (χ3v) is 5.31. The summed E-state index contributed by atoms with van der Waals surface area (Å²) in [6, 6.07) is 20.0. The van der Waals surface area contributed by atoms with Gasteiger partial charge in [-0.05, 0) is 59.5 Å². The maximum atomic E-state index is 12.7. The summed E-state index contributed by atoms with van der Waals surface area (Å²) in [6.07, 6.45) is 0.363. The lowest BCUT2D eigenvalue weighted by Gasteiger charge is -2.10. The Morgan fingerprint density at radius 3 is 2.40 bits per heavy atom. The highest BCUT2D eigenvalue weighted by atomic mass is 16.4. The van der Waals surface area contributed by atoms with Crippen LogP contribution in [0.1, 0.15) is 34.0 Å². The quantitative estimate of drug-likeness (QED) is 0.236. The molecule has 0 unspecified atom stereocenters. The lowest BCUT2D eigenvalue weighted by atomic mass is 9.97. The highest BCUT2D eigenvalue weighted by Crippen LogP contribution is 2.28. The standard InChI is InChI=1S/C25H19NO4/c1-15-22-11-10-20(19-8-6-18(7-9-19)16(2)27)14-24(22)30-25(28)23(15)13-17-4-3-5-21(12-17)26-29/h3-12,14H,13H2,1-2H3. The van der Waals surface area contributed by atoms with Crippen molar-refractivity contribution in [2.75, 3.05) is 0 Å². The van der Waals surface area contributed by atoms with Crippen molar-refractivity contribution in [1.82, 2.24) is 0 Å². The van der Waals surface area contributed by atoms with Gasteiger partial charge in [0.05, 0.1) is 0 Å². The Morgan fingerprint density at radius 2 is 1.70 bits per heavy atom. The monoisotopic (exact) mass is 397 g/mol. The van der Waals surface area contributed by atoms with Crippen LogP contribution in [0.15, 0.2) is 81.1 Å². The zero-order chi connectivity index (χ0) is 21.3. The number of carbonyl (C=O) groups is 1. The summed E-state index contributed by atoms with van der Waals surface area (Å²) in [5.41, 5.74) is 5.17. The van der Waals surface area contributed by atoms with Gasteiger partial charge in [-0.2, -0.15) is 0 Å². The summed E-state index contributed by atoms with van der Waals surface area (Å²) < 4.78 is 5.63. The topological polar surface area (TPSA) is 76.7 Å². The summed E-state index contributed by atoms with van der Waals surface area (Å²) >= 11 is 0. The minimum absolute atomic E-state index is 0.0173. The highest BCUT2D eigenvalue weighted by Gasteiger charge is 2.13. The molecule has 5 heteroatoms. The number of ketones is 1. The van der Waals surface area contributed by atoms with E-state index in [1.165, 1.54) is 6.92 Å². The summed E-state index contributed by atoms with van der Waals surface area (Å²) in [7, 11) is 0. The fourth-order valence-electron chi connectivity index (χ4n) is 3.60. The van der Waals surface area contributed by atoms with E-state index < -0.39 is 5.63 Å². The van der Waals surface area contributed by atoms with Gasteiger partial charge in [0.1, 0.15) is 11.3 Å². The molecule has 4 aromatic rings. The summed E-state index contributed by atoms with van der Waals surface area (Å²) in [4.78, 5) is 34.9. The first-order valence-electron chi connectivity index (χ1n) is 9.56. The minimum atomic E-state index is -0.395. The number of nitrogens with zero attached hydrogens (tertiary/aromatic N) is 1. The molecule has 0 saturated carbocycles. The van der Waals surface area contributed by atoms with Crippen LogP contribution in [0.25, 0.3) is 22.1 Å². The number of nitroso groups, excluding NO2 is 1. The summed E-state index contributed by atoms with van der Waals surface area (Å²) in [6.45, 7) is 3.43. The van der Waals surface area contributed by atoms with Crippen LogP contribution in [-0.2, 0) is 6.42 Å². The Hall–Kier alpha value is -3.86. The fourth-order valence-corrected chi connectivity index (χ4v) is 3.60. The van der Waals surface area contributed by atoms with Gasteiger partial charge in [0.15, 0.2) is 5.78 Å². The second-order valence-corrected chi connectivity index (χ2v) is 7.28. The van der Waals surface area contributed by atoms with Crippen LogP contribution in [0.2, 0.25) is 0 Å². The third-order valence-electron chi connectivity index (χ3n) is 5.31. The molecule has 4 rings (SSSR count). The number of benzene rings is 3. The van der Waals surface area contributed by atoms with Crippen LogP contribution in [0.5, 0.6) is 0 Å². The first-order chi connectivity index (χ1) is 14.5. The molecule has 0 amide bonds. The van der Waals surface area contributed by atoms with Gasteiger partial charge in [0.2, 0.25) is 0 Å². The van der Waals surface area contributed by atoms with Crippen LogP contribution in [0.4, 0.5) is 5.69 Å². The zero-order valence-electron chi connectivity index (χ0n) is 16.6. The summed E-state index contributed by atoms with van der Waals surface area (Å²) in [5, 5.41) is 3.81. The van der Waals surface area contributed by atoms with Crippen molar-refractivity contribution < 1.29 is 9.21 Å².